The van der Waals surface area contributed by atoms with E-state index in [1.807, 2.05) is 11.6 Å². The van der Waals surface area contributed by atoms with Crippen molar-refractivity contribution in [3.05, 3.63) is 0 Å². The summed E-state index contributed by atoms with van der Waals surface area (Å²) in [6.45, 7) is 0.317. The van der Waals surface area contributed by atoms with Gasteiger partial charge in [-0.15, -0.1) is 0 Å². The molecule has 1 aliphatic rings. The van der Waals surface area contributed by atoms with Gasteiger partial charge in [0.2, 0.25) is 0 Å². The molecule has 1 N–H and O–H groups in total. The largest absolute Gasteiger partial charge is 0.331 e. The van der Waals surface area contributed by atoms with E-state index in [4.69, 9.17) is 0 Å². The van der Waals surface area contributed by atoms with Gasteiger partial charge in [0.1, 0.15) is 0 Å². The van der Waals surface area contributed by atoms with Crippen LogP contribution >= 0.6 is 11.8 Å². The van der Waals surface area contributed by atoms with Gasteiger partial charge in [0.05, 0.1) is 0 Å². The fraction of sp³-hybridized carbons (Fsp3) is 0.571. The smallest absolute Gasteiger partial charge is 0.269 e. The van der Waals surface area contributed by atoms with Gasteiger partial charge in [-0.05, 0) is 18.4 Å². The van der Waals surface area contributed by atoms with Crippen LogP contribution in [0.1, 0.15) is 6.42 Å². The first-order valence-corrected chi connectivity index (χ1v) is 5.22. The van der Waals surface area contributed by atoms with E-state index in [9.17, 15) is 14.4 Å². The summed E-state index contributed by atoms with van der Waals surface area (Å²) in [7, 11) is 0. The number of carbonyl (C=O) groups is 3. The van der Waals surface area contributed by atoms with E-state index in [1.54, 1.807) is 11.8 Å². The molecule has 1 aliphatic heterocycles. The second-order valence-corrected chi connectivity index (χ2v) is 3.55. The predicted molar refractivity (Wildman–Crippen MR) is 48.3 cm³/mol. The number of carbonyl (C=O) groups excluding carboxylic acids is 3. The minimum absolute atomic E-state index is 0.317. The van der Waals surface area contributed by atoms with Gasteiger partial charge in [0.15, 0.2) is 0 Å². The van der Waals surface area contributed by atoms with Gasteiger partial charge in [-0.1, -0.05) is 0 Å². The van der Waals surface area contributed by atoms with Crippen LogP contribution < -0.4 is 5.32 Å². The first-order valence-electron chi connectivity index (χ1n) is 3.82. The highest BCUT2D eigenvalue weighted by molar-refractivity contribution is 7.98. The molecular formula is C7H10N2O3S. The lowest BCUT2D eigenvalue weighted by molar-refractivity contribution is -0.140. The average Bonchev–Trinajstić information content (AvgIpc) is 2.32. The Hall–Kier alpha value is -1.04. The normalized spacial score (nSPS) is 16.7. The first kappa shape index (κ1) is 10.0. The summed E-state index contributed by atoms with van der Waals surface area (Å²) in [5.74, 6) is -0.703. The molecule has 0 saturated carbocycles. The van der Waals surface area contributed by atoms with Crippen LogP contribution in [-0.4, -0.2) is 41.3 Å². The zero-order chi connectivity index (χ0) is 9.84. The third-order valence-corrected chi connectivity index (χ3v) is 2.33. The summed E-state index contributed by atoms with van der Waals surface area (Å²) in [6.07, 6.45) is 2.66. The number of thioether (sulfide) groups is 1. The van der Waals surface area contributed by atoms with Crippen LogP contribution in [0, 0.1) is 0 Å². The Morgan fingerprint density at radius 2 is 2.08 bits per heavy atom. The summed E-state index contributed by atoms with van der Waals surface area (Å²) >= 11 is 1.63. The van der Waals surface area contributed by atoms with E-state index in [2.05, 4.69) is 0 Å². The molecule has 1 saturated heterocycles. The van der Waals surface area contributed by atoms with Gasteiger partial charge in [-0.2, -0.15) is 11.8 Å². The molecule has 0 unspecified atom stereocenters. The second kappa shape index (κ2) is 4.27. The molecule has 72 valence electrons. The van der Waals surface area contributed by atoms with Crippen LogP contribution in [0.3, 0.4) is 0 Å². The van der Waals surface area contributed by atoms with Crippen LogP contribution in [0.2, 0.25) is 0 Å². The molecule has 6 heteroatoms. The number of rotatable bonds is 4. The SMILES string of the molecule is CSCCCN1C(=O)NC(=O)C1=O. The van der Waals surface area contributed by atoms with Gasteiger partial charge in [0.25, 0.3) is 0 Å². The van der Waals surface area contributed by atoms with Crippen molar-refractivity contribution in [3.63, 3.8) is 0 Å². The standard InChI is InChI=1S/C7H10N2O3S/c1-13-4-2-3-9-6(11)5(10)8-7(9)12/h2-4H2,1H3,(H,8,10,12). The Labute approximate surface area is 79.8 Å². The summed E-state index contributed by atoms with van der Waals surface area (Å²) in [4.78, 5) is 33.6. The lowest BCUT2D eigenvalue weighted by Crippen LogP contribution is -2.32. The third kappa shape index (κ3) is 2.21. The van der Waals surface area contributed by atoms with Crippen LogP contribution in [0.4, 0.5) is 4.79 Å². The number of urea groups is 1. The molecule has 0 aromatic heterocycles. The van der Waals surface area contributed by atoms with Gasteiger partial charge in [0, 0.05) is 6.54 Å². The maximum absolute atomic E-state index is 11.0. The Morgan fingerprint density at radius 1 is 1.38 bits per heavy atom. The number of imide groups is 2. The monoisotopic (exact) mass is 202 g/mol. The van der Waals surface area contributed by atoms with E-state index < -0.39 is 17.8 Å². The molecule has 0 spiro atoms. The lowest BCUT2D eigenvalue weighted by atomic mass is 10.4. The van der Waals surface area contributed by atoms with E-state index in [0.29, 0.717) is 13.0 Å². The molecule has 5 nitrogen and oxygen atoms in total. The summed E-state index contributed by atoms with van der Waals surface area (Å²) in [5.41, 5.74) is 0. The molecular weight excluding hydrogens is 192 g/mol. The van der Waals surface area contributed by atoms with Crippen molar-refractivity contribution < 1.29 is 14.4 Å². The van der Waals surface area contributed by atoms with E-state index >= 15 is 0 Å². The Balaban J connectivity index is 2.45. The molecule has 0 radical (unpaired) electrons. The number of hydrogen-bond donors (Lipinski definition) is 1. The maximum Gasteiger partial charge on any atom is 0.331 e. The molecule has 0 aromatic rings. The van der Waals surface area contributed by atoms with Gasteiger partial charge >= 0.3 is 17.8 Å². The van der Waals surface area contributed by atoms with Gasteiger partial charge < -0.3 is 0 Å². The highest BCUT2D eigenvalue weighted by Gasteiger charge is 2.35. The van der Waals surface area contributed by atoms with Crippen molar-refractivity contribution in [2.24, 2.45) is 0 Å². The van der Waals surface area contributed by atoms with Gasteiger partial charge in [-0.3, -0.25) is 19.8 Å². The summed E-state index contributed by atoms with van der Waals surface area (Å²) in [5, 5.41) is 1.94. The fourth-order valence-electron chi connectivity index (χ4n) is 1.00. The molecule has 13 heavy (non-hydrogen) atoms. The number of hydrogen-bond acceptors (Lipinski definition) is 4. The molecule has 0 aromatic carbocycles. The summed E-state index contributed by atoms with van der Waals surface area (Å²) in [6, 6.07) is -0.601. The van der Waals surface area contributed by atoms with E-state index in [1.165, 1.54) is 0 Å². The maximum atomic E-state index is 11.0. The molecule has 1 fully saturated rings. The van der Waals surface area contributed by atoms with Crippen molar-refractivity contribution in [1.82, 2.24) is 10.2 Å². The zero-order valence-corrected chi connectivity index (χ0v) is 8.02. The Bertz CT molecular complexity index is 254. The zero-order valence-electron chi connectivity index (χ0n) is 7.20. The van der Waals surface area contributed by atoms with Crippen molar-refractivity contribution >= 4 is 29.6 Å². The van der Waals surface area contributed by atoms with Crippen LogP contribution in [0.5, 0.6) is 0 Å². The lowest BCUT2D eigenvalue weighted by Gasteiger charge is -2.09. The first-order chi connectivity index (χ1) is 6.16. The van der Waals surface area contributed by atoms with Crippen molar-refractivity contribution in [2.45, 2.75) is 6.42 Å². The Kier molecular flexibility index (Phi) is 3.30. The predicted octanol–water partition coefficient (Wildman–Crippen LogP) is -0.182. The van der Waals surface area contributed by atoms with Crippen LogP contribution in [0.15, 0.2) is 0 Å². The van der Waals surface area contributed by atoms with Crippen LogP contribution in [0.25, 0.3) is 0 Å². The molecule has 0 atom stereocenters. The summed E-state index contributed by atoms with van der Waals surface area (Å²) < 4.78 is 0. The second-order valence-electron chi connectivity index (χ2n) is 2.56. The van der Waals surface area contributed by atoms with Crippen LogP contribution in [-0.2, 0) is 9.59 Å². The van der Waals surface area contributed by atoms with Crippen molar-refractivity contribution in [2.75, 3.05) is 18.6 Å². The molecule has 0 aliphatic carbocycles. The van der Waals surface area contributed by atoms with Crippen molar-refractivity contribution in [1.29, 1.82) is 0 Å². The molecule has 4 amide bonds. The molecule has 0 bridgehead atoms. The quantitative estimate of drug-likeness (QED) is 0.390. The van der Waals surface area contributed by atoms with Gasteiger partial charge in [-0.25, -0.2) is 4.79 Å². The Morgan fingerprint density at radius 3 is 2.54 bits per heavy atom. The van der Waals surface area contributed by atoms with E-state index in [-0.39, 0.29) is 0 Å². The third-order valence-electron chi connectivity index (χ3n) is 1.64. The topological polar surface area (TPSA) is 66.5 Å². The minimum atomic E-state index is -0.825. The molecule has 1 rings (SSSR count). The minimum Gasteiger partial charge on any atom is -0.269 e. The highest BCUT2D eigenvalue weighted by atomic mass is 32.2. The number of nitrogens with zero attached hydrogens (tertiary/aromatic N) is 1. The van der Waals surface area contributed by atoms with Crippen molar-refractivity contribution in [3.8, 4) is 0 Å². The number of amides is 4. The number of nitrogens with one attached hydrogen (secondary N) is 1. The fourth-order valence-corrected chi connectivity index (χ4v) is 1.42. The highest BCUT2D eigenvalue weighted by Crippen LogP contribution is 2.03. The van der Waals surface area contributed by atoms with E-state index in [0.717, 1.165) is 10.7 Å². The average molecular weight is 202 g/mol. The molecule has 1 heterocycles.